The van der Waals surface area contributed by atoms with E-state index >= 15 is 0 Å². The Hall–Kier alpha value is -4.53. The normalized spacial score (nSPS) is 11.0. The van der Waals surface area contributed by atoms with E-state index < -0.39 is 17.1 Å². The molecule has 0 aliphatic rings. The predicted octanol–water partition coefficient (Wildman–Crippen LogP) is 3.00. The van der Waals surface area contributed by atoms with Gasteiger partial charge >= 0.3 is 5.69 Å². The molecule has 0 fully saturated rings. The molecule has 0 radical (unpaired) electrons. The summed E-state index contributed by atoms with van der Waals surface area (Å²) in [5.74, 6) is -1.03. The van der Waals surface area contributed by atoms with Crippen LogP contribution in [0.25, 0.3) is 16.6 Å². The number of carbonyl (C=O) groups excluding carboxylic acids is 2. The van der Waals surface area contributed by atoms with Crippen molar-refractivity contribution in [3.05, 3.63) is 105 Å². The Morgan fingerprint density at radius 1 is 0.889 bits per heavy atom. The number of carbonyl (C=O) groups is 2. The standard InChI is InChI=1S/C27H25FN4O4/c1-17(2)29-25(34)16-31-23-6-4-3-5-22(23)26(35)32(27(31)36)21-13-7-18(8-14-21)15-24(33)30-20-11-9-19(28)10-12-20/h3-14,17H,15-16H2,1-2H3,(H,29,34)(H,30,33). The Kier molecular flexibility index (Phi) is 7.10. The number of halogens is 1. The molecule has 3 aromatic carbocycles. The minimum absolute atomic E-state index is 0.0455. The minimum Gasteiger partial charge on any atom is -0.352 e. The first-order valence-electron chi connectivity index (χ1n) is 11.4. The van der Waals surface area contributed by atoms with Crippen molar-refractivity contribution in [3.63, 3.8) is 0 Å². The lowest BCUT2D eigenvalue weighted by molar-refractivity contribution is -0.122. The number of nitrogens with one attached hydrogen (secondary N) is 2. The molecule has 0 aliphatic carbocycles. The highest BCUT2D eigenvalue weighted by atomic mass is 19.1. The molecule has 2 N–H and O–H groups in total. The fraction of sp³-hybridized carbons (Fsp3) is 0.185. The summed E-state index contributed by atoms with van der Waals surface area (Å²) in [4.78, 5) is 51.4. The van der Waals surface area contributed by atoms with Gasteiger partial charge in [-0.3, -0.25) is 19.0 Å². The molecule has 9 heteroatoms. The SMILES string of the molecule is CC(C)NC(=O)Cn1c(=O)n(-c2ccc(CC(=O)Nc3ccc(F)cc3)cc2)c(=O)c2ccccc21. The molecule has 36 heavy (non-hydrogen) atoms. The predicted molar refractivity (Wildman–Crippen MR) is 136 cm³/mol. The molecule has 0 atom stereocenters. The molecule has 4 aromatic rings. The lowest BCUT2D eigenvalue weighted by Gasteiger charge is -2.15. The van der Waals surface area contributed by atoms with Gasteiger partial charge in [-0.25, -0.2) is 13.8 Å². The summed E-state index contributed by atoms with van der Waals surface area (Å²) in [6, 6.07) is 18.4. The van der Waals surface area contributed by atoms with Crippen LogP contribution >= 0.6 is 0 Å². The van der Waals surface area contributed by atoms with E-state index in [-0.39, 0.29) is 30.8 Å². The second kappa shape index (κ2) is 10.4. The van der Waals surface area contributed by atoms with Gasteiger partial charge in [0.25, 0.3) is 5.56 Å². The number of rotatable bonds is 7. The third-order valence-corrected chi connectivity index (χ3v) is 5.49. The van der Waals surface area contributed by atoms with Crippen LogP contribution in [0.3, 0.4) is 0 Å². The molecule has 2 amide bonds. The van der Waals surface area contributed by atoms with E-state index in [1.165, 1.54) is 28.8 Å². The van der Waals surface area contributed by atoms with Crippen LogP contribution in [0.1, 0.15) is 19.4 Å². The number of benzene rings is 3. The van der Waals surface area contributed by atoms with Crippen LogP contribution in [0.2, 0.25) is 0 Å². The highest BCUT2D eigenvalue weighted by Gasteiger charge is 2.17. The van der Waals surface area contributed by atoms with Crippen LogP contribution in [0.15, 0.2) is 82.4 Å². The van der Waals surface area contributed by atoms with Gasteiger partial charge in [-0.1, -0.05) is 24.3 Å². The fourth-order valence-electron chi connectivity index (χ4n) is 3.90. The van der Waals surface area contributed by atoms with Gasteiger partial charge < -0.3 is 10.6 Å². The average Bonchev–Trinajstić information content (AvgIpc) is 2.84. The molecule has 0 spiro atoms. The second-order valence-corrected chi connectivity index (χ2v) is 8.65. The monoisotopic (exact) mass is 488 g/mol. The van der Waals surface area contributed by atoms with Gasteiger partial charge in [-0.2, -0.15) is 0 Å². The van der Waals surface area contributed by atoms with Gasteiger partial charge in [0, 0.05) is 11.7 Å². The first-order valence-corrected chi connectivity index (χ1v) is 11.4. The quantitative estimate of drug-likeness (QED) is 0.418. The zero-order chi connectivity index (χ0) is 25.8. The van der Waals surface area contributed by atoms with Crippen LogP contribution in [0.4, 0.5) is 10.1 Å². The summed E-state index contributed by atoms with van der Waals surface area (Å²) < 4.78 is 15.3. The number of amides is 2. The summed E-state index contributed by atoms with van der Waals surface area (Å²) in [6.45, 7) is 3.40. The van der Waals surface area contributed by atoms with Crippen molar-refractivity contribution in [2.45, 2.75) is 32.9 Å². The number of fused-ring (bicyclic) bond motifs is 1. The number of hydrogen-bond donors (Lipinski definition) is 2. The summed E-state index contributed by atoms with van der Waals surface area (Å²) in [5, 5.41) is 5.75. The molecular formula is C27H25FN4O4. The van der Waals surface area contributed by atoms with Gasteiger partial charge in [0.2, 0.25) is 11.8 Å². The van der Waals surface area contributed by atoms with Gasteiger partial charge in [0.15, 0.2) is 0 Å². The number of nitrogens with zero attached hydrogens (tertiary/aromatic N) is 2. The maximum Gasteiger partial charge on any atom is 0.336 e. The third-order valence-electron chi connectivity index (χ3n) is 5.49. The highest BCUT2D eigenvalue weighted by Crippen LogP contribution is 2.13. The lowest BCUT2D eigenvalue weighted by atomic mass is 10.1. The molecule has 0 saturated heterocycles. The average molecular weight is 489 g/mol. The van der Waals surface area contributed by atoms with Gasteiger partial charge in [-0.15, -0.1) is 0 Å². The van der Waals surface area contributed by atoms with E-state index in [1.807, 2.05) is 13.8 Å². The van der Waals surface area contributed by atoms with E-state index in [4.69, 9.17) is 0 Å². The number of para-hydroxylation sites is 1. The van der Waals surface area contributed by atoms with Crippen molar-refractivity contribution in [3.8, 4) is 5.69 Å². The third kappa shape index (κ3) is 5.41. The molecule has 0 unspecified atom stereocenters. The van der Waals surface area contributed by atoms with Crippen LogP contribution < -0.4 is 21.9 Å². The van der Waals surface area contributed by atoms with Crippen LogP contribution in [0, 0.1) is 5.82 Å². The second-order valence-electron chi connectivity index (χ2n) is 8.65. The zero-order valence-corrected chi connectivity index (χ0v) is 19.8. The highest BCUT2D eigenvalue weighted by molar-refractivity contribution is 5.92. The topological polar surface area (TPSA) is 102 Å². The van der Waals surface area contributed by atoms with Gasteiger partial charge in [-0.05, 0) is 67.9 Å². The van der Waals surface area contributed by atoms with Crippen molar-refractivity contribution in [1.82, 2.24) is 14.5 Å². The largest absolute Gasteiger partial charge is 0.352 e. The first-order chi connectivity index (χ1) is 17.2. The van der Waals surface area contributed by atoms with Crippen molar-refractivity contribution in [1.29, 1.82) is 0 Å². The Bertz CT molecular complexity index is 1540. The van der Waals surface area contributed by atoms with Crippen molar-refractivity contribution >= 4 is 28.4 Å². The molecule has 0 saturated carbocycles. The van der Waals surface area contributed by atoms with Crippen LogP contribution in [-0.4, -0.2) is 27.0 Å². The Morgan fingerprint density at radius 3 is 2.22 bits per heavy atom. The number of aromatic nitrogens is 2. The molecule has 8 nitrogen and oxygen atoms in total. The molecule has 1 aromatic heterocycles. The molecule has 184 valence electrons. The first kappa shape index (κ1) is 24.6. The zero-order valence-electron chi connectivity index (χ0n) is 19.8. The molecule has 0 aliphatic heterocycles. The summed E-state index contributed by atoms with van der Waals surface area (Å²) in [6.07, 6.45) is 0.0455. The van der Waals surface area contributed by atoms with Gasteiger partial charge in [0.1, 0.15) is 12.4 Å². The Balaban J connectivity index is 1.64. The lowest BCUT2D eigenvalue weighted by Crippen LogP contribution is -2.42. The fourth-order valence-corrected chi connectivity index (χ4v) is 3.90. The summed E-state index contributed by atoms with van der Waals surface area (Å²) >= 11 is 0. The molecule has 1 heterocycles. The smallest absolute Gasteiger partial charge is 0.336 e. The Labute approximate surface area is 206 Å². The maximum atomic E-state index is 13.4. The minimum atomic E-state index is -0.639. The maximum absolute atomic E-state index is 13.4. The van der Waals surface area contributed by atoms with E-state index in [1.54, 1.807) is 48.5 Å². The molecule has 4 rings (SSSR count). The van der Waals surface area contributed by atoms with E-state index in [9.17, 15) is 23.6 Å². The molecular weight excluding hydrogens is 463 g/mol. The number of hydrogen-bond acceptors (Lipinski definition) is 4. The van der Waals surface area contributed by atoms with Crippen molar-refractivity contribution in [2.75, 3.05) is 5.32 Å². The molecule has 0 bridgehead atoms. The van der Waals surface area contributed by atoms with E-state index in [0.29, 0.717) is 27.8 Å². The van der Waals surface area contributed by atoms with E-state index in [2.05, 4.69) is 10.6 Å². The van der Waals surface area contributed by atoms with Crippen molar-refractivity contribution in [2.24, 2.45) is 0 Å². The van der Waals surface area contributed by atoms with Gasteiger partial charge in [0.05, 0.1) is 23.0 Å². The van der Waals surface area contributed by atoms with Crippen LogP contribution in [0.5, 0.6) is 0 Å². The Morgan fingerprint density at radius 2 is 1.56 bits per heavy atom. The van der Waals surface area contributed by atoms with Crippen LogP contribution in [-0.2, 0) is 22.6 Å². The number of anilines is 1. The summed E-state index contributed by atoms with van der Waals surface area (Å²) in [5.41, 5.74) is 0.678. The van der Waals surface area contributed by atoms with Crippen molar-refractivity contribution < 1.29 is 14.0 Å². The summed E-state index contributed by atoms with van der Waals surface area (Å²) in [7, 11) is 0. The van der Waals surface area contributed by atoms with E-state index in [0.717, 1.165) is 4.57 Å².